The van der Waals surface area contributed by atoms with Crippen LogP contribution in [-0.4, -0.2) is 28.7 Å². The molecular formula is C14H20N4O. The Kier molecular flexibility index (Phi) is 4.52. The van der Waals surface area contributed by atoms with Crippen LogP contribution in [0.2, 0.25) is 0 Å². The number of nitrogens with one attached hydrogen (secondary N) is 2. The molecule has 102 valence electrons. The smallest absolute Gasteiger partial charge is 0.272 e. The summed E-state index contributed by atoms with van der Waals surface area (Å²) >= 11 is 0. The second-order valence-corrected chi connectivity index (χ2v) is 4.67. The molecule has 0 bridgehead atoms. The Bertz CT molecular complexity index is 549. The summed E-state index contributed by atoms with van der Waals surface area (Å²) in [6.45, 7) is 2.57. The number of rotatable bonds is 6. The summed E-state index contributed by atoms with van der Waals surface area (Å²) < 4.78 is 0. The average Bonchev–Trinajstić information content (AvgIpc) is 2.87. The van der Waals surface area contributed by atoms with Gasteiger partial charge in [0.15, 0.2) is 5.69 Å². The molecular weight excluding hydrogens is 240 g/mol. The Morgan fingerprint density at radius 1 is 1.47 bits per heavy atom. The van der Waals surface area contributed by atoms with Crippen molar-refractivity contribution in [3.63, 3.8) is 0 Å². The van der Waals surface area contributed by atoms with Gasteiger partial charge in [-0.2, -0.15) is 5.10 Å². The van der Waals surface area contributed by atoms with Crippen molar-refractivity contribution in [3.8, 4) is 0 Å². The van der Waals surface area contributed by atoms with E-state index in [9.17, 15) is 4.79 Å². The van der Waals surface area contributed by atoms with E-state index in [0.29, 0.717) is 12.2 Å². The van der Waals surface area contributed by atoms with E-state index < -0.39 is 0 Å². The Labute approximate surface area is 112 Å². The number of aromatic nitrogens is 2. The van der Waals surface area contributed by atoms with Gasteiger partial charge >= 0.3 is 0 Å². The number of para-hydroxylation sites is 1. The Balaban J connectivity index is 2.10. The fourth-order valence-electron chi connectivity index (χ4n) is 2.09. The molecule has 0 fully saturated rings. The molecule has 0 saturated carbocycles. The number of carbonyl (C=O) groups is 1. The van der Waals surface area contributed by atoms with Gasteiger partial charge in [0.1, 0.15) is 0 Å². The third-order valence-electron chi connectivity index (χ3n) is 3.21. The van der Waals surface area contributed by atoms with Crippen molar-refractivity contribution in [2.24, 2.45) is 5.73 Å². The zero-order chi connectivity index (χ0) is 13.7. The van der Waals surface area contributed by atoms with Crippen LogP contribution < -0.4 is 11.1 Å². The number of H-pyrrole nitrogens is 1. The highest BCUT2D eigenvalue weighted by molar-refractivity contribution is 6.04. The fourth-order valence-corrected chi connectivity index (χ4v) is 2.09. The van der Waals surface area contributed by atoms with Gasteiger partial charge in [-0.1, -0.05) is 38.0 Å². The van der Waals surface area contributed by atoms with Crippen molar-refractivity contribution in [3.05, 3.63) is 30.0 Å². The van der Waals surface area contributed by atoms with Crippen molar-refractivity contribution in [2.45, 2.75) is 32.2 Å². The number of nitrogens with two attached hydrogens (primary N) is 1. The molecule has 5 nitrogen and oxygen atoms in total. The standard InChI is InChI=1S/C14H20N4O/c1-2-3-6-10(9-15)16-14(19)13-11-7-4-5-8-12(11)17-18-13/h4-5,7-8,10H,2-3,6,9,15H2,1H3,(H,16,19)(H,17,18). The number of unbranched alkanes of at least 4 members (excludes halogenated alkanes) is 1. The third kappa shape index (κ3) is 3.12. The molecule has 0 aliphatic carbocycles. The number of aromatic amines is 1. The van der Waals surface area contributed by atoms with Gasteiger partial charge in [-0.05, 0) is 12.5 Å². The first-order valence-electron chi connectivity index (χ1n) is 6.70. The van der Waals surface area contributed by atoms with Crippen LogP contribution in [0.3, 0.4) is 0 Å². The largest absolute Gasteiger partial charge is 0.347 e. The number of fused-ring (bicyclic) bond motifs is 1. The van der Waals surface area contributed by atoms with E-state index in [-0.39, 0.29) is 11.9 Å². The van der Waals surface area contributed by atoms with Crippen LogP contribution in [0, 0.1) is 0 Å². The fraction of sp³-hybridized carbons (Fsp3) is 0.429. The Morgan fingerprint density at radius 3 is 3.00 bits per heavy atom. The van der Waals surface area contributed by atoms with Crippen molar-refractivity contribution >= 4 is 16.8 Å². The second-order valence-electron chi connectivity index (χ2n) is 4.67. The minimum Gasteiger partial charge on any atom is -0.347 e. The van der Waals surface area contributed by atoms with E-state index in [0.717, 1.165) is 30.2 Å². The lowest BCUT2D eigenvalue weighted by Gasteiger charge is -2.15. The minimum atomic E-state index is -0.163. The topological polar surface area (TPSA) is 83.8 Å². The van der Waals surface area contributed by atoms with Gasteiger partial charge in [0.05, 0.1) is 5.52 Å². The van der Waals surface area contributed by atoms with Crippen LogP contribution in [0.25, 0.3) is 10.9 Å². The Morgan fingerprint density at radius 2 is 2.26 bits per heavy atom. The summed E-state index contributed by atoms with van der Waals surface area (Å²) in [6.07, 6.45) is 3.06. The zero-order valence-electron chi connectivity index (χ0n) is 11.1. The summed E-state index contributed by atoms with van der Waals surface area (Å²) in [5.41, 5.74) is 6.99. The van der Waals surface area contributed by atoms with Crippen LogP contribution >= 0.6 is 0 Å². The van der Waals surface area contributed by atoms with E-state index >= 15 is 0 Å². The minimum absolute atomic E-state index is 0.0166. The van der Waals surface area contributed by atoms with Crippen molar-refractivity contribution in [1.29, 1.82) is 0 Å². The van der Waals surface area contributed by atoms with Crippen LogP contribution in [0.5, 0.6) is 0 Å². The van der Waals surface area contributed by atoms with Crippen molar-refractivity contribution in [2.75, 3.05) is 6.54 Å². The summed E-state index contributed by atoms with van der Waals surface area (Å²) in [4.78, 5) is 12.2. The van der Waals surface area contributed by atoms with Gasteiger partial charge in [-0.15, -0.1) is 0 Å². The zero-order valence-corrected chi connectivity index (χ0v) is 11.1. The van der Waals surface area contributed by atoms with E-state index in [4.69, 9.17) is 5.73 Å². The highest BCUT2D eigenvalue weighted by Crippen LogP contribution is 2.15. The monoisotopic (exact) mass is 260 g/mol. The molecule has 0 aliphatic rings. The summed E-state index contributed by atoms with van der Waals surface area (Å²) in [5, 5.41) is 10.7. The third-order valence-corrected chi connectivity index (χ3v) is 3.21. The maximum absolute atomic E-state index is 12.2. The SMILES string of the molecule is CCCCC(CN)NC(=O)c1n[nH]c2ccccc12. The predicted molar refractivity (Wildman–Crippen MR) is 75.9 cm³/mol. The summed E-state index contributed by atoms with van der Waals surface area (Å²) in [7, 11) is 0. The van der Waals surface area contributed by atoms with E-state index in [1.807, 2.05) is 24.3 Å². The highest BCUT2D eigenvalue weighted by Gasteiger charge is 2.16. The first-order valence-corrected chi connectivity index (χ1v) is 6.70. The molecule has 5 heteroatoms. The van der Waals surface area contributed by atoms with Gasteiger partial charge in [0, 0.05) is 18.0 Å². The molecule has 1 aromatic carbocycles. The molecule has 0 radical (unpaired) electrons. The molecule has 1 unspecified atom stereocenters. The van der Waals surface area contributed by atoms with E-state index in [2.05, 4.69) is 22.4 Å². The van der Waals surface area contributed by atoms with E-state index in [1.54, 1.807) is 0 Å². The molecule has 2 aromatic rings. The molecule has 0 spiro atoms. The van der Waals surface area contributed by atoms with Gasteiger partial charge in [-0.3, -0.25) is 9.89 Å². The van der Waals surface area contributed by atoms with Gasteiger partial charge in [0.25, 0.3) is 5.91 Å². The van der Waals surface area contributed by atoms with Crippen LogP contribution in [0.4, 0.5) is 0 Å². The normalized spacial score (nSPS) is 12.5. The molecule has 1 atom stereocenters. The molecule has 0 aliphatic heterocycles. The maximum atomic E-state index is 12.2. The maximum Gasteiger partial charge on any atom is 0.272 e. The van der Waals surface area contributed by atoms with Crippen molar-refractivity contribution < 1.29 is 4.79 Å². The number of benzene rings is 1. The van der Waals surface area contributed by atoms with Crippen LogP contribution in [-0.2, 0) is 0 Å². The lowest BCUT2D eigenvalue weighted by molar-refractivity contribution is 0.0932. The van der Waals surface area contributed by atoms with E-state index in [1.165, 1.54) is 0 Å². The molecule has 2 rings (SSSR count). The van der Waals surface area contributed by atoms with Gasteiger partial charge in [0.2, 0.25) is 0 Å². The molecule has 1 heterocycles. The average molecular weight is 260 g/mol. The summed E-state index contributed by atoms with van der Waals surface area (Å²) in [5.74, 6) is -0.163. The molecule has 19 heavy (non-hydrogen) atoms. The molecule has 0 saturated heterocycles. The number of carbonyl (C=O) groups excluding carboxylic acids is 1. The van der Waals surface area contributed by atoms with Gasteiger partial charge in [-0.25, -0.2) is 0 Å². The van der Waals surface area contributed by atoms with Gasteiger partial charge < -0.3 is 11.1 Å². The quantitative estimate of drug-likeness (QED) is 0.740. The Hall–Kier alpha value is -1.88. The van der Waals surface area contributed by atoms with Crippen molar-refractivity contribution in [1.82, 2.24) is 15.5 Å². The number of amides is 1. The molecule has 1 amide bonds. The second kappa shape index (κ2) is 6.33. The van der Waals surface area contributed by atoms with Crippen LogP contribution in [0.15, 0.2) is 24.3 Å². The number of hydrogen-bond acceptors (Lipinski definition) is 3. The number of hydrogen-bond donors (Lipinski definition) is 3. The van der Waals surface area contributed by atoms with Crippen LogP contribution in [0.1, 0.15) is 36.7 Å². The first-order chi connectivity index (χ1) is 9.26. The highest BCUT2D eigenvalue weighted by atomic mass is 16.2. The molecule has 4 N–H and O–H groups in total. The first kappa shape index (κ1) is 13.5. The lowest BCUT2D eigenvalue weighted by Crippen LogP contribution is -2.40. The lowest BCUT2D eigenvalue weighted by atomic mass is 10.1. The number of nitrogens with zero attached hydrogens (tertiary/aromatic N) is 1. The summed E-state index contributed by atoms with van der Waals surface area (Å²) in [6, 6.07) is 7.61. The molecule has 1 aromatic heterocycles. The predicted octanol–water partition coefficient (Wildman–Crippen LogP) is 1.81.